The van der Waals surface area contributed by atoms with Gasteiger partial charge in [-0.15, -0.1) is 0 Å². The summed E-state index contributed by atoms with van der Waals surface area (Å²) in [7, 11) is 1.65. The minimum atomic E-state index is 0.328. The van der Waals surface area contributed by atoms with Crippen molar-refractivity contribution in [1.29, 1.82) is 0 Å². The van der Waals surface area contributed by atoms with E-state index in [1.807, 2.05) is 18.2 Å². The van der Waals surface area contributed by atoms with Crippen LogP contribution in [0.3, 0.4) is 0 Å². The highest BCUT2D eigenvalue weighted by Gasteiger charge is 2.23. The number of hydrogen-bond donors (Lipinski definition) is 2. The van der Waals surface area contributed by atoms with Crippen molar-refractivity contribution in [3.63, 3.8) is 0 Å². The second kappa shape index (κ2) is 5.27. The molecule has 94 valence electrons. The molecule has 2 atom stereocenters. The minimum absolute atomic E-state index is 0.328. The van der Waals surface area contributed by atoms with E-state index in [2.05, 4.69) is 12.2 Å². The van der Waals surface area contributed by atoms with Gasteiger partial charge in [0.05, 0.1) is 24.6 Å². The van der Waals surface area contributed by atoms with Crippen LogP contribution in [0.5, 0.6) is 5.75 Å². The molecule has 0 spiro atoms. The lowest BCUT2D eigenvalue weighted by atomic mass is 10.0. The molecule has 1 aromatic carbocycles. The molecule has 1 heterocycles. The standard InChI is InChI=1S/C13H20N2O2/c1-9-10(5-6-17-9)8-15-13-7-11(16-2)3-4-12(13)14/h3-4,7,9-10,15H,5-6,8,14H2,1-2H3. The van der Waals surface area contributed by atoms with Crippen LogP contribution in [0.25, 0.3) is 0 Å². The Bertz CT molecular complexity index is 382. The topological polar surface area (TPSA) is 56.5 Å². The van der Waals surface area contributed by atoms with Crippen LogP contribution < -0.4 is 15.8 Å². The van der Waals surface area contributed by atoms with Crippen molar-refractivity contribution in [3.05, 3.63) is 18.2 Å². The molecular formula is C13H20N2O2. The van der Waals surface area contributed by atoms with Crippen LogP contribution in [0.1, 0.15) is 13.3 Å². The predicted molar refractivity (Wildman–Crippen MR) is 69.4 cm³/mol. The zero-order chi connectivity index (χ0) is 12.3. The quantitative estimate of drug-likeness (QED) is 0.786. The van der Waals surface area contributed by atoms with Crippen molar-refractivity contribution in [2.75, 3.05) is 31.3 Å². The first-order chi connectivity index (χ1) is 8.20. The van der Waals surface area contributed by atoms with E-state index >= 15 is 0 Å². The summed E-state index contributed by atoms with van der Waals surface area (Å²) in [6.45, 7) is 3.87. The first-order valence-corrected chi connectivity index (χ1v) is 5.99. The SMILES string of the molecule is COc1ccc(N)c(NCC2CCOC2C)c1. The van der Waals surface area contributed by atoms with Gasteiger partial charge in [0, 0.05) is 25.1 Å². The lowest BCUT2D eigenvalue weighted by Crippen LogP contribution is -2.21. The summed E-state index contributed by atoms with van der Waals surface area (Å²) >= 11 is 0. The van der Waals surface area contributed by atoms with Gasteiger partial charge >= 0.3 is 0 Å². The number of hydrogen-bond acceptors (Lipinski definition) is 4. The zero-order valence-corrected chi connectivity index (χ0v) is 10.4. The molecule has 2 unspecified atom stereocenters. The number of nitrogens with one attached hydrogen (secondary N) is 1. The van der Waals surface area contributed by atoms with Gasteiger partial charge in [-0.3, -0.25) is 0 Å². The van der Waals surface area contributed by atoms with Crippen LogP contribution in [0.15, 0.2) is 18.2 Å². The summed E-state index contributed by atoms with van der Waals surface area (Å²) < 4.78 is 10.7. The van der Waals surface area contributed by atoms with E-state index < -0.39 is 0 Å². The van der Waals surface area contributed by atoms with Crippen LogP contribution >= 0.6 is 0 Å². The number of anilines is 2. The van der Waals surface area contributed by atoms with Crippen molar-refractivity contribution >= 4 is 11.4 Å². The van der Waals surface area contributed by atoms with Crippen LogP contribution in [-0.2, 0) is 4.74 Å². The second-order valence-electron chi connectivity index (χ2n) is 4.46. The van der Waals surface area contributed by atoms with Gasteiger partial charge in [-0.1, -0.05) is 0 Å². The van der Waals surface area contributed by atoms with Crippen molar-refractivity contribution in [1.82, 2.24) is 0 Å². The number of ether oxygens (including phenoxy) is 2. The van der Waals surface area contributed by atoms with Crippen molar-refractivity contribution < 1.29 is 9.47 Å². The summed E-state index contributed by atoms with van der Waals surface area (Å²) in [4.78, 5) is 0. The van der Waals surface area contributed by atoms with E-state index in [1.54, 1.807) is 7.11 Å². The Morgan fingerprint density at radius 3 is 3.00 bits per heavy atom. The molecule has 0 amide bonds. The van der Waals surface area contributed by atoms with Crippen molar-refractivity contribution in [2.24, 2.45) is 5.92 Å². The number of methoxy groups -OCH3 is 1. The summed E-state index contributed by atoms with van der Waals surface area (Å²) in [6.07, 6.45) is 1.44. The van der Waals surface area contributed by atoms with Crippen LogP contribution in [-0.4, -0.2) is 26.4 Å². The monoisotopic (exact) mass is 236 g/mol. The first-order valence-electron chi connectivity index (χ1n) is 5.99. The Labute approximate surface area is 102 Å². The average Bonchev–Trinajstić information content (AvgIpc) is 2.74. The fraction of sp³-hybridized carbons (Fsp3) is 0.538. The second-order valence-corrected chi connectivity index (χ2v) is 4.46. The molecule has 2 rings (SSSR count). The number of benzene rings is 1. The fourth-order valence-corrected chi connectivity index (χ4v) is 2.10. The van der Waals surface area contributed by atoms with Crippen molar-refractivity contribution in [3.8, 4) is 5.75 Å². The Hall–Kier alpha value is -1.42. The molecule has 17 heavy (non-hydrogen) atoms. The Kier molecular flexibility index (Phi) is 3.74. The van der Waals surface area contributed by atoms with Crippen LogP contribution in [0, 0.1) is 5.92 Å². The maximum absolute atomic E-state index is 5.91. The molecule has 0 saturated carbocycles. The Morgan fingerprint density at radius 2 is 2.35 bits per heavy atom. The van der Waals surface area contributed by atoms with E-state index in [1.165, 1.54) is 0 Å². The van der Waals surface area contributed by atoms with Gasteiger partial charge < -0.3 is 20.5 Å². The molecular weight excluding hydrogens is 216 g/mol. The van der Waals surface area contributed by atoms with Gasteiger partial charge in [0.25, 0.3) is 0 Å². The summed E-state index contributed by atoms with van der Waals surface area (Å²) in [5.41, 5.74) is 7.60. The maximum Gasteiger partial charge on any atom is 0.121 e. The highest BCUT2D eigenvalue weighted by Crippen LogP contribution is 2.26. The molecule has 1 aromatic rings. The highest BCUT2D eigenvalue weighted by molar-refractivity contribution is 5.68. The van der Waals surface area contributed by atoms with E-state index in [0.717, 1.165) is 36.7 Å². The van der Waals surface area contributed by atoms with E-state index in [9.17, 15) is 0 Å². The fourth-order valence-electron chi connectivity index (χ4n) is 2.10. The molecule has 1 aliphatic heterocycles. The molecule has 1 aliphatic rings. The first kappa shape index (κ1) is 12.0. The normalized spacial score (nSPS) is 23.6. The van der Waals surface area contributed by atoms with Gasteiger partial charge in [0.2, 0.25) is 0 Å². The minimum Gasteiger partial charge on any atom is -0.497 e. The molecule has 1 fully saturated rings. The molecule has 0 bridgehead atoms. The lowest BCUT2D eigenvalue weighted by molar-refractivity contribution is 0.108. The number of nitrogens with two attached hydrogens (primary N) is 1. The van der Waals surface area contributed by atoms with Gasteiger partial charge in [0.1, 0.15) is 5.75 Å². The summed E-state index contributed by atoms with van der Waals surface area (Å²) in [6, 6.07) is 5.65. The van der Waals surface area contributed by atoms with E-state index in [4.69, 9.17) is 15.2 Å². The highest BCUT2D eigenvalue weighted by atomic mass is 16.5. The van der Waals surface area contributed by atoms with Crippen LogP contribution in [0.2, 0.25) is 0 Å². The van der Waals surface area contributed by atoms with Crippen molar-refractivity contribution in [2.45, 2.75) is 19.4 Å². The molecule has 0 aliphatic carbocycles. The maximum atomic E-state index is 5.91. The summed E-state index contributed by atoms with van der Waals surface area (Å²) in [5.74, 6) is 1.37. The predicted octanol–water partition coefficient (Wildman–Crippen LogP) is 2.11. The van der Waals surface area contributed by atoms with E-state index in [0.29, 0.717) is 12.0 Å². The van der Waals surface area contributed by atoms with Gasteiger partial charge in [-0.2, -0.15) is 0 Å². The van der Waals surface area contributed by atoms with E-state index in [-0.39, 0.29) is 0 Å². The van der Waals surface area contributed by atoms with Crippen LogP contribution in [0.4, 0.5) is 11.4 Å². The smallest absolute Gasteiger partial charge is 0.121 e. The lowest BCUT2D eigenvalue weighted by Gasteiger charge is -2.17. The molecule has 0 radical (unpaired) electrons. The third-order valence-electron chi connectivity index (χ3n) is 3.35. The largest absolute Gasteiger partial charge is 0.497 e. The Balaban J connectivity index is 1.98. The molecule has 3 N–H and O–H groups in total. The van der Waals surface area contributed by atoms with Gasteiger partial charge in [0.15, 0.2) is 0 Å². The van der Waals surface area contributed by atoms with Gasteiger partial charge in [-0.25, -0.2) is 0 Å². The third-order valence-corrected chi connectivity index (χ3v) is 3.35. The molecule has 1 saturated heterocycles. The van der Waals surface area contributed by atoms with Gasteiger partial charge in [-0.05, 0) is 25.5 Å². The number of nitrogen functional groups attached to an aromatic ring is 1. The Morgan fingerprint density at radius 1 is 1.53 bits per heavy atom. The third kappa shape index (κ3) is 2.82. The molecule has 4 heteroatoms. The molecule has 4 nitrogen and oxygen atoms in total. The number of rotatable bonds is 4. The average molecular weight is 236 g/mol. The molecule has 0 aromatic heterocycles. The summed E-state index contributed by atoms with van der Waals surface area (Å²) in [5, 5.41) is 3.38. The zero-order valence-electron chi connectivity index (χ0n) is 10.4.